The monoisotopic (exact) mass is 350 g/mol. The molecule has 0 amide bonds. The van der Waals surface area contributed by atoms with E-state index in [2.05, 4.69) is 66.9 Å². The first-order chi connectivity index (χ1) is 9.93. The third-order valence-electron chi connectivity index (χ3n) is 3.70. The molecule has 114 valence electrons. The van der Waals surface area contributed by atoms with Crippen molar-refractivity contribution in [2.75, 3.05) is 0 Å². The maximum Gasteiger partial charge on any atom is 0.131 e. The Morgan fingerprint density at radius 1 is 1.29 bits per heavy atom. The number of aromatic nitrogens is 2. The predicted octanol–water partition coefficient (Wildman–Crippen LogP) is 4.98. The van der Waals surface area contributed by atoms with E-state index in [9.17, 15) is 0 Å². The zero-order chi connectivity index (χ0) is 15.6. The van der Waals surface area contributed by atoms with Gasteiger partial charge < -0.3 is 4.74 Å². The molecule has 1 aromatic heterocycles. The molecule has 0 aliphatic heterocycles. The number of hydrogen-bond acceptors (Lipinski definition) is 2. The summed E-state index contributed by atoms with van der Waals surface area (Å²) >= 11 is 3.61. The van der Waals surface area contributed by atoms with Crippen molar-refractivity contribution in [3.05, 3.63) is 45.2 Å². The highest BCUT2D eigenvalue weighted by Crippen LogP contribution is 2.27. The van der Waals surface area contributed by atoms with Gasteiger partial charge in [-0.2, -0.15) is 5.10 Å². The molecule has 1 aromatic carbocycles. The number of halogens is 1. The third-order valence-corrected chi connectivity index (χ3v) is 4.73. The van der Waals surface area contributed by atoms with E-state index in [1.165, 1.54) is 5.56 Å². The summed E-state index contributed by atoms with van der Waals surface area (Å²) in [5.74, 6) is 1.46. The molecule has 0 unspecified atom stereocenters. The van der Waals surface area contributed by atoms with Crippen molar-refractivity contribution in [1.82, 2.24) is 9.78 Å². The summed E-state index contributed by atoms with van der Waals surface area (Å²) in [7, 11) is 0. The molecule has 0 aliphatic carbocycles. The molecule has 0 aliphatic rings. The second-order valence-corrected chi connectivity index (χ2v) is 6.42. The van der Waals surface area contributed by atoms with Crippen LogP contribution in [0.15, 0.2) is 22.7 Å². The highest BCUT2D eigenvalue weighted by Gasteiger charge is 2.13. The number of nitrogens with zero attached hydrogens (tertiary/aromatic N) is 2. The molecule has 0 saturated carbocycles. The van der Waals surface area contributed by atoms with Crippen LogP contribution in [0, 0.1) is 13.8 Å². The molecule has 0 spiro atoms. The summed E-state index contributed by atoms with van der Waals surface area (Å²) in [5, 5.41) is 4.50. The van der Waals surface area contributed by atoms with Crippen LogP contribution in [0.3, 0.4) is 0 Å². The highest BCUT2D eigenvalue weighted by molar-refractivity contribution is 9.10. The smallest absolute Gasteiger partial charge is 0.131 e. The van der Waals surface area contributed by atoms with Crippen molar-refractivity contribution in [1.29, 1.82) is 0 Å². The van der Waals surface area contributed by atoms with Gasteiger partial charge in [-0.15, -0.1) is 0 Å². The van der Waals surface area contributed by atoms with E-state index in [1.54, 1.807) is 0 Å². The van der Waals surface area contributed by atoms with Gasteiger partial charge in [-0.05, 0) is 59.8 Å². The Kier molecular flexibility index (Phi) is 5.09. The Bertz CT molecular complexity index is 632. The van der Waals surface area contributed by atoms with E-state index in [-0.39, 0.29) is 0 Å². The van der Waals surface area contributed by atoms with Crippen LogP contribution >= 0.6 is 15.9 Å². The van der Waals surface area contributed by atoms with Crippen molar-refractivity contribution < 1.29 is 4.74 Å². The topological polar surface area (TPSA) is 27.1 Å². The molecule has 21 heavy (non-hydrogen) atoms. The largest absolute Gasteiger partial charge is 0.487 e. The summed E-state index contributed by atoms with van der Waals surface area (Å²) in [6.45, 7) is 11.9. The molecule has 0 radical (unpaired) electrons. The molecule has 0 N–H and O–H groups in total. The van der Waals surface area contributed by atoms with E-state index >= 15 is 0 Å². The quantitative estimate of drug-likeness (QED) is 0.759. The second kappa shape index (κ2) is 6.65. The van der Waals surface area contributed by atoms with Crippen molar-refractivity contribution in [2.45, 2.75) is 53.7 Å². The number of rotatable bonds is 5. The molecule has 2 aromatic rings. The van der Waals surface area contributed by atoms with E-state index in [4.69, 9.17) is 4.74 Å². The summed E-state index contributed by atoms with van der Waals surface area (Å²) in [6, 6.07) is 6.44. The minimum absolute atomic E-state index is 0.503. The predicted molar refractivity (Wildman–Crippen MR) is 89.9 cm³/mol. The number of hydrogen-bond donors (Lipinski definition) is 0. The van der Waals surface area contributed by atoms with Gasteiger partial charge in [0.05, 0.1) is 15.9 Å². The van der Waals surface area contributed by atoms with Crippen LogP contribution in [0.1, 0.15) is 49.2 Å². The maximum atomic E-state index is 6.06. The Hall–Kier alpha value is -1.29. The maximum absolute atomic E-state index is 6.06. The molecule has 0 bridgehead atoms. The summed E-state index contributed by atoms with van der Waals surface area (Å²) < 4.78 is 9.09. The lowest BCUT2D eigenvalue weighted by atomic mass is 10.0. The van der Waals surface area contributed by atoms with Crippen molar-refractivity contribution in [3.8, 4) is 5.75 Å². The fourth-order valence-corrected chi connectivity index (χ4v) is 2.68. The van der Waals surface area contributed by atoms with E-state index in [0.717, 1.165) is 33.7 Å². The van der Waals surface area contributed by atoms with Gasteiger partial charge in [0.25, 0.3) is 0 Å². The lowest BCUT2D eigenvalue weighted by Crippen LogP contribution is -2.07. The Labute approximate surface area is 135 Å². The van der Waals surface area contributed by atoms with Crippen LogP contribution < -0.4 is 4.74 Å². The Balaban J connectivity index is 2.22. The molecule has 2 rings (SSSR count). The van der Waals surface area contributed by atoms with Crippen molar-refractivity contribution in [3.63, 3.8) is 0 Å². The standard InChI is InChI=1S/C17H23BrN2O/c1-6-20-15(17(18)13(5)19-20)10-21-16-9-14(11(2)3)8-7-12(16)4/h7-9,11H,6,10H2,1-5H3. The van der Waals surface area contributed by atoms with Gasteiger partial charge in [-0.3, -0.25) is 4.68 Å². The van der Waals surface area contributed by atoms with Crippen LogP contribution in [-0.4, -0.2) is 9.78 Å². The van der Waals surface area contributed by atoms with Gasteiger partial charge in [0, 0.05) is 6.54 Å². The highest BCUT2D eigenvalue weighted by atomic mass is 79.9. The minimum Gasteiger partial charge on any atom is -0.487 e. The normalized spacial score (nSPS) is 11.2. The summed E-state index contributed by atoms with van der Waals surface area (Å²) in [4.78, 5) is 0. The fourth-order valence-electron chi connectivity index (χ4n) is 2.28. The van der Waals surface area contributed by atoms with E-state index < -0.39 is 0 Å². The first-order valence-corrected chi connectivity index (χ1v) is 8.18. The molecule has 1 heterocycles. The average Bonchev–Trinajstić information content (AvgIpc) is 2.73. The van der Waals surface area contributed by atoms with E-state index in [1.807, 2.05) is 11.6 Å². The molecule has 3 nitrogen and oxygen atoms in total. The summed E-state index contributed by atoms with van der Waals surface area (Å²) in [5.41, 5.74) is 4.55. The van der Waals surface area contributed by atoms with Gasteiger partial charge in [0.1, 0.15) is 12.4 Å². The van der Waals surface area contributed by atoms with E-state index in [0.29, 0.717) is 12.5 Å². The van der Waals surface area contributed by atoms with Crippen LogP contribution in [-0.2, 0) is 13.2 Å². The zero-order valence-electron chi connectivity index (χ0n) is 13.4. The van der Waals surface area contributed by atoms with Crippen LogP contribution in [0.5, 0.6) is 5.75 Å². The first-order valence-electron chi connectivity index (χ1n) is 7.39. The molecule has 4 heteroatoms. The van der Waals surface area contributed by atoms with Gasteiger partial charge in [-0.25, -0.2) is 0 Å². The lowest BCUT2D eigenvalue weighted by Gasteiger charge is -2.13. The second-order valence-electron chi connectivity index (χ2n) is 5.63. The summed E-state index contributed by atoms with van der Waals surface area (Å²) in [6.07, 6.45) is 0. The molecular formula is C17H23BrN2O. The lowest BCUT2D eigenvalue weighted by molar-refractivity contribution is 0.289. The van der Waals surface area contributed by atoms with Crippen LogP contribution in [0.4, 0.5) is 0 Å². The number of benzene rings is 1. The Morgan fingerprint density at radius 3 is 2.62 bits per heavy atom. The van der Waals surface area contributed by atoms with Crippen LogP contribution in [0.2, 0.25) is 0 Å². The van der Waals surface area contributed by atoms with Gasteiger partial charge in [0.2, 0.25) is 0 Å². The zero-order valence-corrected chi connectivity index (χ0v) is 15.0. The van der Waals surface area contributed by atoms with Gasteiger partial charge in [0.15, 0.2) is 0 Å². The molecule has 0 saturated heterocycles. The SMILES string of the molecule is CCn1nc(C)c(Br)c1COc1cc(C(C)C)ccc1C. The first kappa shape index (κ1) is 16.1. The fraction of sp³-hybridized carbons (Fsp3) is 0.471. The number of aryl methyl sites for hydroxylation is 3. The minimum atomic E-state index is 0.503. The molecule has 0 fully saturated rings. The van der Waals surface area contributed by atoms with Crippen LogP contribution in [0.25, 0.3) is 0 Å². The van der Waals surface area contributed by atoms with Gasteiger partial charge >= 0.3 is 0 Å². The molecule has 0 atom stereocenters. The average molecular weight is 351 g/mol. The Morgan fingerprint density at radius 2 is 2.00 bits per heavy atom. The van der Waals surface area contributed by atoms with Crippen molar-refractivity contribution >= 4 is 15.9 Å². The number of ether oxygens (including phenoxy) is 1. The third kappa shape index (κ3) is 3.49. The molecular weight excluding hydrogens is 328 g/mol. The van der Waals surface area contributed by atoms with Gasteiger partial charge in [-0.1, -0.05) is 26.0 Å². The van der Waals surface area contributed by atoms with Crippen molar-refractivity contribution in [2.24, 2.45) is 0 Å².